The fraction of sp³-hybridized carbons (Fsp3) is 0.333. The van der Waals surface area contributed by atoms with Crippen LogP contribution in [0.15, 0.2) is 18.2 Å². The van der Waals surface area contributed by atoms with E-state index >= 15 is 0 Å². The lowest BCUT2D eigenvalue weighted by Gasteiger charge is -2.08. The van der Waals surface area contributed by atoms with Gasteiger partial charge >= 0.3 is 0 Å². The molecule has 4 nitrogen and oxygen atoms in total. The van der Waals surface area contributed by atoms with Crippen LogP contribution in [0, 0.1) is 20.8 Å². The van der Waals surface area contributed by atoms with Crippen LogP contribution in [-0.2, 0) is 6.61 Å². The fourth-order valence-corrected chi connectivity index (χ4v) is 1.70. The molecule has 0 saturated heterocycles. The Morgan fingerprint density at radius 2 is 2.00 bits per heavy atom. The molecule has 0 aliphatic heterocycles. The summed E-state index contributed by atoms with van der Waals surface area (Å²) in [6.07, 6.45) is 0. The second-order valence-corrected chi connectivity index (χ2v) is 3.94. The van der Waals surface area contributed by atoms with Gasteiger partial charge in [-0.15, -0.1) is 0 Å². The molecule has 2 rings (SSSR count). The molecule has 0 unspecified atom stereocenters. The fourth-order valence-electron chi connectivity index (χ4n) is 1.70. The van der Waals surface area contributed by atoms with Crippen molar-refractivity contribution in [2.24, 2.45) is 0 Å². The number of aromatic nitrogens is 3. The third-order valence-corrected chi connectivity index (χ3v) is 2.51. The standard InChI is InChI=1S/C12H15N3O/c1-8-4-5-9(2)11(6-8)15-12(7-16)13-10(3)14-15/h4-6,16H,7H2,1-3H3. The molecule has 84 valence electrons. The Kier molecular flexibility index (Phi) is 2.75. The van der Waals surface area contributed by atoms with Crippen LogP contribution in [-0.4, -0.2) is 19.9 Å². The highest BCUT2D eigenvalue weighted by molar-refractivity contribution is 5.42. The highest BCUT2D eigenvalue weighted by Crippen LogP contribution is 2.16. The van der Waals surface area contributed by atoms with Gasteiger partial charge in [0.2, 0.25) is 0 Å². The minimum Gasteiger partial charge on any atom is -0.388 e. The number of hydrogen-bond acceptors (Lipinski definition) is 3. The van der Waals surface area contributed by atoms with Crippen LogP contribution in [0.3, 0.4) is 0 Å². The van der Waals surface area contributed by atoms with Crippen molar-refractivity contribution in [2.45, 2.75) is 27.4 Å². The number of benzene rings is 1. The minimum atomic E-state index is -0.103. The van der Waals surface area contributed by atoms with E-state index < -0.39 is 0 Å². The van der Waals surface area contributed by atoms with Gasteiger partial charge in [0.05, 0.1) is 5.69 Å². The number of aryl methyl sites for hydroxylation is 3. The van der Waals surface area contributed by atoms with Gasteiger partial charge in [-0.05, 0) is 38.0 Å². The van der Waals surface area contributed by atoms with Crippen molar-refractivity contribution in [3.05, 3.63) is 41.0 Å². The molecule has 1 N–H and O–H groups in total. The Hall–Kier alpha value is -1.68. The quantitative estimate of drug-likeness (QED) is 0.832. The molecular weight excluding hydrogens is 202 g/mol. The van der Waals surface area contributed by atoms with E-state index in [1.807, 2.05) is 32.9 Å². The molecular formula is C12H15N3O. The van der Waals surface area contributed by atoms with E-state index in [1.54, 1.807) is 4.68 Å². The second kappa shape index (κ2) is 4.06. The molecule has 0 fully saturated rings. The van der Waals surface area contributed by atoms with Gasteiger partial charge < -0.3 is 5.11 Å². The zero-order valence-corrected chi connectivity index (χ0v) is 9.73. The molecule has 1 aromatic carbocycles. The van der Waals surface area contributed by atoms with E-state index in [2.05, 4.69) is 16.1 Å². The first-order valence-electron chi connectivity index (χ1n) is 5.23. The predicted molar refractivity (Wildman–Crippen MR) is 61.5 cm³/mol. The summed E-state index contributed by atoms with van der Waals surface area (Å²) >= 11 is 0. The Bertz CT molecular complexity index is 517. The third kappa shape index (κ3) is 1.84. The van der Waals surface area contributed by atoms with Gasteiger partial charge in [0.25, 0.3) is 0 Å². The van der Waals surface area contributed by atoms with Crippen LogP contribution >= 0.6 is 0 Å². The summed E-state index contributed by atoms with van der Waals surface area (Å²) in [7, 11) is 0. The molecule has 1 heterocycles. The monoisotopic (exact) mass is 217 g/mol. The van der Waals surface area contributed by atoms with Gasteiger partial charge in [-0.3, -0.25) is 0 Å². The van der Waals surface area contributed by atoms with E-state index in [1.165, 1.54) is 0 Å². The number of rotatable bonds is 2. The summed E-state index contributed by atoms with van der Waals surface area (Å²) in [5, 5.41) is 13.5. The lowest BCUT2D eigenvalue weighted by molar-refractivity contribution is 0.268. The van der Waals surface area contributed by atoms with Gasteiger partial charge in [0.15, 0.2) is 5.82 Å². The van der Waals surface area contributed by atoms with E-state index in [4.69, 9.17) is 0 Å². The van der Waals surface area contributed by atoms with Crippen LogP contribution in [0.2, 0.25) is 0 Å². The Balaban J connectivity index is 2.61. The van der Waals surface area contributed by atoms with Crippen molar-refractivity contribution in [2.75, 3.05) is 0 Å². The number of aliphatic hydroxyl groups excluding tert-OH is 1. The van der Waals surface area contributed by atoms with Crippen molar-refractivity contribution in [3.8, 4) is 5.69 Å². The summed E-state index contributed by atoms with van der Waals surface area (Å²) in [5.74, 6) is 1.25. The summed E-state index contributed by atoms with van der Waals surface area (Å²) < 4.78 is 1.71. The molecule has 1 aromatic heterocycles. The minimum absolute atomic E-state index is 0.103. The van der Waals surface area contributed by atoms with E-state index in [-0.39, 0.29) is 6.61 Å². The first kappa shape index (κ1) is 10.8. The molecule has 0 saturated carbocycles. The number of aliphatic hydroxyl groups is 1. The summed E-state index contributed by atoms with van der Waals surface area (Å²) in [6.45, 7) is 5.77. The molecule has 0 amide bonds. The van der Waals surface area contributed by atoms with Crippen molar-refractivity contribution >= 4 is 0 Å². The molecule has 0 aliphatic rings. The zero-order chi connectivity index (χ0) is 11.7. The topological polar surface area (TPSA) is 50.9 Å². The molecule has 0 bridgehead atoms. The molecule has 0 spiro atoms. The molecule has 0 aliphatic carbocycles. The average Bonchev–Trinajstić information content (AvgIpc) is 2.63. The largest absolute Gasteiger partial charge is 0.388 e. The smallest absolute Gasteiger partial charge is 0.158 e. The van der Waals surface area contributed by atoms with Gasteiger partial charge in [-0.1, -0.05) is 12.1 Å². The SMILES string of the molecule is Cc1ccc(C)c(-n2nc(C)nc2CO)c1. The summed E-state index contributed by atoms with van der Waals surface area (Å²) in [6, 6.07) is 6.15. The molecule has 0 atom stereocenters. The molecule has 2 aromatic rings. The van der Waals surface area contributed by atoms with Crippen LogP contribution in [0.5, 0.6) is 0 Å². The van der Waals surface area contributed by atoms with Crippen LogP contribution in [0.25, 0.3) is 5.69 Å². The Morgan fingerprint density at radius 3 is 2.69 bits per heavy atom. The van der Waals surface area contributed by atoms with Crippen LogP contribution < -0.4 is 0 Å². The van der Waals surface area contributed by atoms with E-state index in [9.17, 15) is 5.11 Å². The number of hydrogen-bond donors (Lipinski definition) is 1. The maximum absolute atomic E-state index is 9.23. The lowest BCUT2D eigenvalue weighted by Crippen LogP contribution is -2.05. The van der Waals surface area contributed by atoms with Crippen molar-refractivity contribution in [1.82, 2.24) is 14.8 Å². The lowest BCUT2D eigenvalue weighted by atomic mass is 10.1. The number of nitrogens with zero attached hydrogens (tertiary/aromatic N) is 3. The van der Waals surface area contributed by atoms with Crippen molar-refractivity contribution in [1.29, 1.82) is 0 Å². The highest BCUT2D eigenvalue weighted by Gasteiger charge is 2.10. The normalized spacial score (nSPS) is 10.8. The third-order valence-electron chi connectivity index (χ3n) is 2.51. The van der Waals surface area contributed by atoms with Crippen LogP contribution in [0.4, 0.5) is 0 Å². The maximum atomic E-state index is 9.23. The van der Waals surface area contributed by atoms with Gasteiger partial charge in [0.1, 0.15) is 12.4 Å². The van der Waals surface area contributed by atoms with Gasteiger partial charge in [0, 0.05) is 0 Å². The average molecular weight is 217 g/mol. The molecule has 16 heavy (non-hydrogen) atoms. The first-order chi connectivity index (χ1) is 7.61. The maximum Gasteiger partial charge on any atom is 0.158 e. The van der Waals surface area contributed by atoms with Gasteiger partial charge in [-0.2, -0.15) is 5.10 Å². The summed E-state index contributed by atoms with van der Waals surface area (Å²) in [4.78, 5) is 4.18. The van der Waals surface area contributed by atoms with E-state index in [0.717, 1.165) is 16.8 Å². The van der Waals surface area contributed by atoms with Crippen molar-refractivity contribution < 1.29 is 5.11 Å². The van der Waals surface area contributed by atoms with Crippen LogP contribution in [0.1, 0.15) is 22.8 Å². The highest BCUT2D eigenvalue weighted by atomic mass is 16.3. The summed E-state index contributed by atoms with van der Waals surface area (Å²) in [5.41, 5.74) is 3.26. The second-order valence-electron chi connectivity index (χ2n) is 3.94. The molecule has 4 heteroatoms. The van der Waals surface area contributed by atoms with E-state index in [0.29, 0.717) is 11.6 Å². The Labute approximate surface area is 94.6 Å². The Morgan fingerprint density at radius 1 is 1.25 bits per heavy atom. The molecule has 0 radical (unpaired) electrons. The first-order valence-corrected chi connectivity index (χ1v) is 5.23. The van der Waals surface area contributed by atoms with Gasteiger partial charge in [-0.25, -0.2) is 9.67 Å². The van der Waals surface area contributed by atoms with Crippen molar-refractivity contribution in [3.63, 3.8) is 0 Å². The predicted octanol–water partition coefficient (Wildman–Crippen LogP) is 1.68. The zero-order valence-electron chi connectivity index (χ0n) is 9.73.